The van der Waals surface area contributed by atoms with Gasteiger partial charge in [-0.2, -0.15) is 5.10 Å². The molecule has 3 N–H and O–H groups in total. The van der Waals surface area contributed by atoms with Crippen molar-refractivity contribution in [2.45, 2.75) is 0 Å². The van der Waals surface area contributed by atoms with Crippen LogP contribution in [0.1, 0.15) is 15.9 Å². The van der Waals surface area contributed by atoms with Crippen LogP contribution >= 0.6 is 15.9 Å². The number of amides is 1. The molecular formula is C19H15BrN2O4. The molecule has 0 aliphatic carbocycles. The highest BCUT2D eigenvalue weighted by Crippen LogP contribution is 2.32. The zero-order chi connectivity index (χ0) is 18.7. The molecular weight excluding hydrogens is 400 g/mol. The Bertz CT molecular complexity index is 1020. The van der Waals surface area contributed by atoms with E-state index < -0.39 is 5.91 Å². The largest absolute Gasteiger partial charge is 0.507 e. The van der Waals surface area contributed by atoms with E-state index in [1.54, 1.807) is 18.2 Å². The van der Waals surface area contributed by atoms with Crippen LogP contribution in [0, 0.1) is 0 Å². The van der Waals surface area contributed by atoms with Gasteiger partial charge in [0.1, 0.15) is 5.75 Å². The summed E-state index contributed by atoms with van der Waals surface area (Å²) < 4.78 is 5.74. The molecule has 0 fully saturated rings. The molecule has 0 saturated heterocycles. The number of phenolic OH excluding ortho intramolecular Hbond substituents is 2. The lowest BCUT2D eigenvalue weighted by atomic mass is 10.1. The number of ether oxygens (including phenoxy) is 1. The number of rotatable bonds is 4. The normalized spacial score (nSPS) is 11.0. The number of benzene rings is 3. The molecule has 3 rings (SSSR count). The Labute approximate surface area is 157 Å². The second-order valence-corrected chi connectivity index (χ2v) is 6.38. The highest BCUT2D eigenvalue weighted by Gasteiger charge is 2.12. The van der Waals surface area contributed by atoms with Gasteiger partial charge in [0.15, 0.2) is 11.5 Å². The van der Waals surface area contributed by atoms with Crippen molar-refractivity contribution >= 4 is 38.8 Å². The molecule has 132 valence electrons. The van der Waals surface area contributed by atoms with Crippen LogP contribution in [-0.4, -0.2) is 29.4 Å². The molecule has 6 nitrogen and oxygen atoms in total. The number of aromatic hydroxyl groups is 2. The Hall–Kier alpha value is -3.06. The number of hydrazone groups is 1. The van der Waals surface area contributed by atoms with E-state index in [-0.39, 0.29) is 22.8 Å². The van der Waals surface area contributed by atoms with Gasteiger partial charge in [0.05, 0.1) is 18.9 Å². The monoisotopic (exact) mass is 414 g/mol. The second kappa shape index (κ2) is 7.45. The van der Waals surface area contributed by atoms with Gasteiger partial charge >= 0.3 is 0 Å². The zero-order valence-corrected chi connectivity index (χ0v) is 15.3. The van der Waals surface area contributed by atoms with Crippen LogP contribution in [-0.2, 0) is 0 Å². The minimum Gasteiger partial charge on any atom is -0.507 e. The summed E-state index contributed by atoms with van der Waals surface area (Å²) in [7, 11) is 1.44. The van der Waals surface area contributed by atoms with Crippen molar-refractivity contribution in [1.29, 1.82) is 0 Å². The van der Waals surface area contributed by atoms with Crippen LogP contribution in [0.4, 0.5) is 0 Å². The minimum absolute atomic E-state index is 0.0951. The Balaban J connectivity index is 1.82. The number of carbonyl (C=O) groups is 1. The van der Waals surface area contributed by atoms with Crippen LogP contribution in [0.15, 0.2) is 58.1 Å². The summed E-state index contributed by atoms with van der Waals surface area (Å²) in [5.74, 6) is -0.518. The predicted molar refractivity (Wildman–Crippen MR) is 103 cm³/mol. The topological polar surface area (TPSA) is 91.2 Å². The first-order valence-electron chi connectivity index (χ1n) is 7.61. The van der Waals surface area contributed by atoms with E-state index in [4.69, 9.17) is 4.74 Å². The van der Waals surface area contributed by atoms with Gasteiger partial charge in [-0.05, 0) is 35.0 Å². The van der Waals surface area contributed by atoms with Crippen molar-refractivity contribution in [1.82, 2.24) is 5.43 Å². The van der Waals surface area contributed by atoms with E-state index in [1.807, 2.05) is 24.3 Å². The third kappa shape index (κ3) is 3.62. The minimum atomic E-state index is -0.564. The summed E-state index contributed by atoms with van der Waals surface area (Å²) in [6, 6.07) is 13.7. The SMILES string of the molecule is COc1cc(Br)cc(/C=N/NC(=O)c2cc3ccccc3cc2O)c1O. The fourth-order valence-electron chi connectivity index (χ4n) is 2.48. The van der Waals surface area contributed by atoms with Crippen molar-refractivity contribution in [2.75, 3.05) is 7.11 Å². The molecule has 3 aromatic carbocycles. The van der Waals surface area contributed by atoms with Crippen molar-refractivity contribution < 1.29 is 19.7 Å². The maximum atomic E-state index is 12.3. The van der Waals surface area contributed by atoms with E-state index in [2.05, 4.69) is 26.5 Å². The lowest BCUT2D eigenvalue weighted by Crippen LogP contribution is -2.17. The van der Waals surface area contributed by atoms with Gasteiger partial charge in [0, 0.05) is 10.0 Å². The van der Waals surface area contributed by atoms with Crippen molar-refractivity contribution in [3.05, 3.63) is 64.1 Å². The quantitative estimate of drug-likeness (QED) is 0.447. The first-order chi connectivity index (χ1) is 12.5. The Morgan fingerprint density at radius 2 is 1.85 bits per heavy atom. The third-order valence-electron chi connectivity index (χ3n) is 3.77. The molecule has 0 bridgehead atoms. The van der Waals surface area contributed by atoms with Crippen LogP contribution < -0.4 is 10.2 Å². The lowest BCUT2D eigenvalue weighted by molar-refractivity contribution is 0.0952. The summed E-state index contributed by atoms with van der Waals surface area (Å²) in [6.07, 6.45) is 1.29. The first kappa shape index (κ1) is 17.8. The number of nitrogens with zero attached hydrogens (tertiary/aromatic N) is 1. The van der Waals surface area contributed by atoms with Gasteiger partial charge in [-0.25, -0.2) is 5.43 Å². The summed E-state index contributed by atoms with van der Waals surface area (Å²) in [6.45, 7) is 0. The number of phenols is 2. The molecule has 0 aliphatic heterocycles. The number of methoxy groups -OCH3 is 1. The number of hydrogen-bond acceptors (Lipinski definition) is 5. The molecule has 0 atom stereocenters. The van der Waals surface area contributed by atoms with Gasteiger partial charge in [0.25, 0.3) is 5.91 Å². The number of nitrogens with one attached hydrogen (secondary N) is 1. The average molecular weight is 415 g/mol. The smallest absolute Gasteiger partial charge is 0.275 e. The molecule has 0 radical (unpaired) electrons. The van der Waals surface area contributed by atoms with Crippen LogP contribution in [0.25, 0.3) is 10.8 Å². The summed E-state index contributed by atoms with van der Waals surface area (Å²) in [5.41, 5.74) is 2.81. The Morgan fingerprint density at radius 3 is 2.54 bits per heavy atom. The highest BCUT2D eigenvalue weighted by atomic mass is 79.9. The maximum absolute atomic E-state index is 12.3. The van der Waals surface area contributed by atoms with E-state index in [9.17, 15) is 15.0 Å². The first-order valence-corrected chi connectivity index (χ1v) is 8.40. The van der Waals surface area contributed by atoms with Crippen molar-refractivity contribution in [3.8, 4) is 17.2 Å². The van der Waals surface area contributed by atoms with Crippen LogP contribution in [0.3, 0.4) is 0 Å². The standard InChI is InChI=1S/C19H15BrN2O4/c1-26-17-9-14(20)6-13(18(17)24)10-21-22-19(25)15-7-11-4-2-3-5-12(11)8-16(15)23/h2-10,23-24H,1H3,(H,22,25)/b21-10+. The van der Waals surface area contributed by atoms with E-state index in [0.717, 1.165) is 10.8 Å². The Morgan fingerprint density at radius 1 is 1.15 bits per heavy atom. The van der Waals surface area contributed by atoms with E-state index in [1.165, 1.54) is 19.4 Å². The third-order valence-corrected chi connectivity index (χ3v) is 4.23. The molecule has 0 saturated carbocycles. The molecule has 0 aliphatic rings. The fraction of sp³-hybridized carbons (Fsp3) is 0.0526. The van der Waals surface area contributed by atoms with Gasteiger partial charge in [-0.1, -0.05) is 40.2 Å². The number of fused-ring (bicyclic) bond motifs is 1. The number of hydrogen-bond donors (Lipinski definition) is 3. The maximum Gasteiger partial charge on any atom is 0.275 e. The zero-order valence-electron chi connectivity index (χ0n) is 13.7. The van der Waals surface area contributed by atoms with Crippen LogP contribution in [0.5, 0.6) is 17.2 Å². The van der Waals surface area contributed by atoms with Gasteiger partial charge in [-0.3, -0.25) is 4.79 Å². The van der Waals surface area contributed by atoms with Crippen molar-refractivity contribution in [3.63, 3.8) is 0 Å². The Kier molecular flexibility index (Phi) is 5.09. The molecule has 0 spiro atoms. The second-order valence-electron chi connectivity index (χ2n) is 5.46. The molecule has 0 unspecified atom stereocenters. The van der Waals surface area contributed by atoms with E-state index in [0.29, 0.717) is 10.0 Å². The molecule has 1 amide bonds. The average Bonchev–Trinajstić information content (AvgIpc) is 2.63. The summed E-state index contributed by atoms with van der Waals surface area (Å²) >= 11 is 3.30. The van der Waals surface area contributed by atoms with Gasteiger partial charge < -0.3 is 14.9 Å². The van der Waals surface area contributed by atoms with Crippen LogP contribution in [0.2, 0.25) is 0 Å². The predicted octanol–water partition coefficient (Wildman–Crippen LogP) is 3.79. The summed E-state index contributed by atoms with van der Waals surface area (Å²) in [4.78, 5) is 12.3. The van der Waals surface area contributed by atoms with Crippen molar-refractivity contribution in [2.24, 2.45) is 5.10 Å². The summed E-state index contributed by atoms with van der Waals surface area (Å²) in [5, 5.41) is 25.6. The molecule has 0 heterocycles. The lowest BCUT2D eigenvalue weighted by Gasteiger charge is -2.07. The fourth-order valence-corrected chi connectivity index (χ4v) is 2.93. The number of halogens is 1. The number of carbonyl (C=O) groups excluding carboxylic acids is 1. The molecule has 7 heteroatoms. The molecule has 0 aromatic heterocycles. The van der Waals surface area contributed by atoms with E-state index >= 15 is 0 Å². The van der Waals surface area contributed by atoms with Gasteiger partial charge in [-0.15, -0.1) is 0 Å². The molecule has 26 heavy (non-hydrogen) atoms. The van der Waals surface area contributed by atoms with Gasteiger partial charge in [0.2, 0.25) is 0 Å². The molecule has 3 aromatic rings. The highest BCUT2D eigenvalue weighted by molar-refractivity contribution is 9.10.